The monoisotopic (exact) mass is 256 g/mol. The Balaban J connectivity index is 1.99. The van der Waals surface area contributed by atoms with E-state index in [1.54, 1.807) is 0 Å². The van der Waals surface area contributed by atoms with E-state index in [4.69, 9.17) is 5.26 Å². The highest BCUT2D eigenvalue weighted by Gasteiger charge is 2.31. The van der Waals surface area contributed by atoms with Crippen molar-refractivity contribution in [3.05, 3.63) is 29.8 Å². The van der Waals surface area contributed by atoms with Crippen LogP contribution in [0.3, 0.4) is 0 Å². The molecule has 102 valence electrons. The summed E-state index contributed by atoms with van der Waals surface area (Å²) in [5.41, 5.74) is 2.71. The molecule has 0 heterocycles. The van der Waals surface area contributed by atoms with E-state index in [1.807, 2.05) is 12.1 Å². The lowest BCUT2D eigenvalue weighted by atomic mass is 9.70. The minimum atomic E-state index is 0.441. The van der Waals surface area contributed by atoms with Crippen molar-refractivity contribution in [2.24, 2.45) is 11.3 Å². The summed E-state index contributed by atoms with van der Waals surface area (Å²) in [6.07, 6.45) is 4.31. The number of nitriles is 1. The highest BCUT2D eigenvalue weighted by Crippen LogP contribution is 2.39. The summed E-state index contributed by atoms with van der Waals surface area (Å²) in [4.78, 5) is 0. The number of benzene rings is 1. The summed E-state index contributed by atoms with van der Waals surface area (Å²) in [5, 5.41) is 12.3. The lowest BCUT2D eigenvalue weighted by Gasteiger charge is -2.39. The average Bonchev–Trinajstić information content (AvgIpc) is 2.29. The van der Waals surface area contributed by atoms with Crippen LogP contribution >= 0.6 is 0 Å². The summed E-state index contributed by atoms with van der Waals surface area (Å²) in [5.74, 6) is 0.791. The van der Waals surface area contributed by atoms with Gasteiger partial charge in [-0.1, -0.05) is 32.9 Å². The first-order valence-electron chi connectivity index (χ1n) is 7.21. The molecule has 1 aliphatic rings. The number of hydrogen-bond acceptors (Lipinski definition) is 2. The predicted molar refractivity (Wildman–Crippen MR) is 80.0 cm³/mol. The molecule has 0 aliphatic heterocycles. The van der Waals surface area contributed by atoms with Gasteiger partial charge in [0.1, 0.15) is 0 Å². The van der Waals surface area contributed by atoms with Gasteiger partial charge in [0.2, 0.25) is 0 Å². The third-order valence-electron chi connectivity index (χ3n) is 3.99. The molecular formula is C17H24N2. The summed E-state index contributed by atoms with van der Waals surface area (Å²) < 4.78 is 0. The lowest BCUT2D eigenvalue weighted by Crippen LogP contribution is -2.35. The maximum Gasteiger partial charge on any atom is 0.0669 e. The first kappa shape index (κ1) is 13.9. The largest absolute Gasteiger partial charge is 0.382 e. The van der Waals surface area contributed by atoms with Crippen molar-refractivity contribution in [2.45, 2.75) is 52.5 Å². The Kier molecular flexibility index (Phi) is 4.14. The molecule has 1 saturated carbocycles. The van der Waals surface area contributed by atoms with Gasteiger partial charge in [-0.25, -0.2) is 0 Å². The van der Waals surface area contributed by atoms with Gasteiger partial charge in [-0.05, 0) is 48.3 Å². The van der Waals surface area contributed by atoms with Crippen LogP contribution in [0.25, 0.3) is 0 Å². The smallest absolute Gasteiger partial charge is 0.0669 e. The zero-order chi connectivity index (χ0) is 13.9. The predicted octanol–water partition coefficient (Wildman–Crippen LogP) is 4.38. The molecule has 0 bridgehead atoms. The van der Waals surface area contributed by atoms with Crippen LogP contribution < -0.4 is 5.32 Å². The number of anilines is 1. The molecule has 19 heavy (non-hydrogen) atoms. The molecule has 2 rings (SSSR count). The maximum absolute atomic E-state index is 8.67. The molecule has 1 aliphatic carbocycles. The molecule has 0 radical (unpaired) electrons. The lowest BCUT2D eigenvalue weighted by molar-refractivity contribution is 0.178. The van der Waals surface area contributed by atoms with E-state index in [9.17, 15) is 0 Å². The van der Waals surface area contributed by atoms with Gasteiger partial charge in [0.05, 0.1) is 12.5 Å². The van der Waals surface area contributed by atoms with Crippen LogP contribution in [0, 0.1) is 22.7 Å². The second-order valence-electron chi connectivity index (χ2n) is 6.79. The molecule has 2 atom stereocenters. The van der Waals surface area contributed by atoms with E-state index < -0.39 is 0 Å². The second kappa shape index (κ2) is 5.65. The fourth-order valence-electron chi connectivity index (χ4n) is 3.50. The number of hydrogen-bond donors (Lipinski definition) is 1. The van der Waals surface area contributed by atoms with Crippen LogP contribution in [-0.4, -0.2) is 6.04 Å². The molecule has 1 N–H and O–H groups in total. The van der Waals surface area contributed by atoms with Gasteiger partial charge < -0.3 is 5.32 Å². The van der Waals surface area contributed by atoms with E-state index in [1.165, 1.54) is 24.9 Å². The molecule has 1 fully saturated rings. The maximum atomic E-state index is 8.67. The SMILES string of the molecule is CC1CC(Nc2ccc(CC#N)cc2)CC(C)(C)C1. The third-order valence-corrected chi connectivity index (χ3v) is 3.99. The van der Waals surface area contributed by atoms with E-state index >= 15 is 0 Å². The molecule has 0 aromatic heterocycles. The fraction of sp³-hybridized carbons (Fsp3) is 0.588. The first-order chi connectivity index (χ1) is 8.98. The third kappa shape index (κ3) is 3.99. The Hall–Kier alpha value is -1.49. The highest BCUT2D eigenvalue weighted by atomic mass is 14.9. The Labute approximate surface area is 116 Å². The molecule has 0 saturated heterocycles. The molecule has 2 unspecified atom stereocenters. The molecule has 2 heteroatoms. The average molecular weight is 256 g/mol. The van der Waals surface area contributed by atoms with Crippen LogP contribution in [0.5, 0.6) is 0 Å². The fourth-order valence-corrected chi connectivity index (χ4v) is 3.50. The number of nitrogens with zero attached hydrogens (tertiary/aromatic N) is 1. The normalized spacial score (nSPS) is 25.6. The van der Waals surface area contributed by atoms with Crippen molar-refractivity contribution >= 4 is 5.69 Å². The van der Waals surface area contributed by atoms with Crippen molar-refractivity contribution in [2.75, 3.05) is 5.32 Å². The van der Waals surface area contributed by atoms with Crippen LogP contribution in [0.2, 0.25) is 0 Å². The van der Waals surface area contributed by atoms with E-state index in [2.05, 4.69) is 44.3 Å². The first-order valence-corrected chi connectivity index (χ1v) is 7.21. The summed E-state index contributed by atoms with van der Waals surface area (Å²) in [7, 11) is 0. The number of rotatable bonds is 3. The van der Waals surface area contributed by atoms with Crippen LogP contribution in [-0.2, 0) is 6.42 Å². The standard InChI is InChI=1S/C17H24N2/c1-13-10-16(12-17(2,3)11-13)19-15-6-4-14(5-7-15)8-9-18/h4-7,13,16,19H,8,10-12H2,1-3H3. The molecule has 1 aromatic carbocycles. The zero-order valence-corrected chi connectivity index (χ0v) is 12.2. The molecular weight excluding hydrogens is 232 g/mol. The van der Waals surface area contributed by atoms with Crippen molar-refractivity contribution in [1.29, 1.82) is 5.26 Å². The Bertz CT molecular complexity index is 453. The zero-order valence-electron chi connectivity index (χ0n) is 12.2. The minimum Gasteiger partial charge on any atom is -0.382 e. The molecule has 0 spiro atoms. The second-order valence-corrected chi connectivity index (χ2v) is 6.79. The van der Waals surface area contributed by atoms with Gasteiger partial charge in [-0.15, -0.1) is 0 Å². The Morgan fingerprint density at radius 3 is 2.53 bits per heavy atom. The topological polar surface area (TPSA) is 35.8 Å². The molecule has 0 amide bonds. The van der Waals surface area contributed by atoms with Gasteiger partial charge in [-0.3, -0.25) is 0 Å². The van der Waals surface area contributed by atoms with Gasteiger partial charge in [0, 0.05) is 11.7 Å². The van der Waals surface area contributed by atoms with Gasteiger partial charge >= 0.3 is 0 Å². The van der Waals surface area contributed by atoms with Crippen molar-refractivity contribution in [3.8, 4) is 6.07 Å². The van der Waals surface area contributed by atoms with Crippen molar-refractivity contribution in [3.63, 3.8) is 0 Å². The van der Waals surface area contributed by atoms with Gasteiger partial charge in [0.25, 0.3) is 0 Å². The summed E-state index contributed by atoms with van der Waals surface area (Å²) in [6.45, 7) is 7.09. The summed E-state index contributed by atoms with van der Waals surface area (Å²) >= 11 is 0. The van der Waals surface area contributed by atoms with E-state index in [0.29, 0.717) is 17.9 Å². The summed E-state index contributed by atoms with van der Waals surface area (Å²) in [6, 6.07) is 11.0. The van der Waals surface area contributed by atoms with Gasteiger partial charge in [0.15, 0.2) is 0 Å². The van der Waals surface area contributed by atoms with Crippen molar-refractivity contribution in [1.82, 2.24) is 0 Å². The minimum absolute atomic E-state index is 0.441. The quantitative estimate of drug-likeness (QED) is 0.871. The van der Waals surface area contributed by atoms with Gasteiger partial charge in [-0.2, -0.15) is 5.26 Å². The van der Waals surface area contributed by atoms with E-state index in [0.717, 1.165) is 11.5 Å². The highest BCUT2D eigenvalue weighted by molar-refractivity contribution is 5.46. The Morgan fingerprint density at radius 2 is 1.95 bits per heavy atom. The van der Waals surface area contributed by atoms with Crippen LogP contribution in [0.4, 0.5) is 5.69 Å². The number of nitrogens with one attached hydrogen (secondary N) is 1. The molecule has 2 nitrogen and oxygen atoms in total. The molecule has 1 aromatic rings. The Morgan fingerprint density at radius 1 is 1.26 bits per heavy atom. The van der Waals surface area contributed by atoms with Crippen LogP contribution in [0.15, 0.2) is 24.3 Å². The van der Waals surface area contributed by atoms with E-state index in [-0.39, 0.29) is 0 Å². The van der Waals surface area contributed by atoms with Crippen molar-refractivity contribution < 1.29 is 0 Å². The van der Waals surface area contributed by atoms with Crippen LogP contribution in [0.1, 0.15) is 45.6 Å².